The van der Waals surface area contributed by atoms with Gasteiger partial charge in [0.25, 0.3) is 5.56 Å². The van der Waals surface area contributed by atoms with Crippen LogP contribution in [0.3, 0.4) is 0 Å². The number of aromatic nitrogens is 4. The number of rotatable bonds is 5. The van der Waals surface area contributed by atoms with Gasteiger partial charge in [0.15, 0.2) is 11.2 Å². The Morgan fingerprint density at radius 3 is 2.48 bits per heavy atom. The molecule has 0 aliphatic heterocycles. The lowest BCUT2D eigenvalue weighted by atomic mass is 10.1. The highest BCUT2D eigenvalue weighted by atomic mass is 16.2. The smallest absolute Gasteiger partial charge is 0.329 e. The number of H-pyrrole nitrogens is 1. The maximum Gasteiger partial charge on any atom is 0.329 e. The third kappa shape index (κ3) is 3.47. The molecule has 0 radical (unpaired) electrons. The van der Waals surface area contributed by atoms with Crippen LogP contribution in [0.4, 0.5) is 5.95 Å². The number of hydrogen-bond donors (Lipinski definition) is 2. The van der Waals surface area contributed by atoms with Gasteiger partial charge in [-0.25, -0.2) is 4.79 Å². The molecule has 4 rings (SSSR count). The standard InChI is InChI=1S/C22H23N5O2/c1-14-9-7-8-12-17(14)13-27-18-19(26(3)22(29)25-20(18)28)24-21(27)23-15(2)16-10-5-4-6-11-16/h4-12,15H,13H2,1-3H3,(H,23,24)(H,25,28,29)/t15-/m0/s1. The maximum atomic E-state index is 12.7. The Balaban J connectivity index is 1.87. The van der Waals surface area contributed by atoms with Crippen molar-refractivity contribution in [1.82, 2.24) is 19.1 Å². The fourth-order valence-electron chi connectivity index (χ4n) is 3.48. The third-order valence-corrected chi connectivity index (χ3v) is 5.24. The van der Waals surface area contributed by atoms with Crippen LogP contribution in [0, 0.1) is 6.92 Å². The summed E-state index contributed by atoms with van der Waals surface area (Å²) in [5.74, 6) is 0.548. The van der Waals surface area contributed by atoms with Gasteiger partial charge in [0, 0.05) is 7.05 Å². The predicted molar refractivity (Wildman–Crippen MR) is 114 cm³/mol. The van der Waals surface area contributed by atoms with Crippen molar-refractivity contribution in [2.75, 3.05) is 5.32 Å². The lowest BCUT2D eigenvalue weighted by Gasteiger charge is -2.17. The van der Waals surface area contributed by atoms with Crippen LogP contribution in [0.25, 0.3) is 11.2 Å². The zero-order valence-electron chi connectivity index (χ0n) is 16.6. The Morgan fingerprint density at radius 1 is 1.07 bits per heavy atom. The molecule has 0 aliphatic carbocycles. The Kier molecular flexibility index (Phi) is 4.80. The molecule has 7 nitrogen and oxygen atoms in total. The molecule has 2 aromatic heterocycles. The SMILES string of the molecule is Cc1ccccc1Cn1c(N[C@@H](C)c2ccccc2)nc2c1c(=O)[nH]c(=O)n2C. The van der Waals surface area contributed by atoms with E-state index < -0.39 is 11.2 Å². The summed E-state index contributed by atoms with van der Waals surface area (Å²) in [6.07, 6.45) is 0. The lowest BCUT2D eigenvalue weighted by Crippen LogP contribution is -2.29. The molecular weight excluding hydrogens is 366 g/mol. The van der Waals surface area contributed by atoms with E-state index in [4.69, 9.17) is 0 Å². The fourth-order valence-corrected chi connectivity index (χ4v) is 3.48. The number of nitrogens with one attached hydrogen (secondary N) is 2. The minimum Gasteiger partial charge on any atom is -0.349 e. The van der Waals surface area contributed by atoms with Gasteiger partial charge in [-0.3, -0.25) is 18.9 Å². The van der Waals surface area contributed by atoms with E-state index in [1.54, 1.807) is 7.05 Å². The summed E-state index contributed by atoms with van der Waals surface area (Å²) >= 11 is 0. The van der Waals surface area contributed by atoms with Crippen molar-refractivity contribution in [2.45, 2.75) is 26.4 Å². The number of anilines is 1. The first-order valence-corrected chi connectivity index (χ1v) is 9.51. The second-order valence-corrected chi connectivity index (χ2v) is 7.22. The largest absolute Gasteiger partial charge is 0.349 e. The molecule has 7 heteroatoms. The average Bonchev–Trinajstić information content (AvgIpc) is 3.07. The van der Waals surface area contributed by atoms with E-state index in [0.29, 0.717) is 23.7 Å². The minimum absolute atomic E-state index is 0.0280. The quantitative estimate of drug-likeness (QED) is 0.550. The topological polar surface area (TPSA) is 84.7 Å². The van der Waals surface area contributed by atoms with Crippen LogP contribution < -0.4 is 16.6 Å². The lowest BCUT2D eigenvalue weighted by molar-refractivity contribution is 0.779. The summed E-state index contributed by atoms with van der Waals surface area (Å²) in [7, 11) is 1.61. The normalized spacial score (nSPS) is 12.2. The molecule has 1 atom stereocenters. The summed E-state index contributed by atoms with van der Waals surface area (Å²) in [6.45, 7) is 4.54. The van der Waals surface area contributed by atoms with E-state index in [2.05, 4.69) is 15.3 Å². The molecule has 0 bridgehead atoms. The molecule has 29 heavy (non-hydrogen) atoms. The minimum atomic E-state index is -0.481. The number of aryl methyl sites for hydroxylation is 2. The molecule has 2 aromatic carbocycles. The van der Waals surface area contributed by atoms with Crippen molar-refractivity contribution in [1.29, 1.82) is 0 Å². The molecule has 0 saturated heterocycles. The first kappa shape index (κ1) is 18.7. The first-order valence-electron chi connectivity index (χ1n) is 9.51. The van der Waals surface area contributed by atoms with Gasteiger partial charge in [-0.2, -0.15) is 4.98 Å². The van der Waals surface area contributed by atoms with E-state index >= 15 is 0 Å². The highest BCUT2D eigenvalue weighted by molar-refractivity contribution is 5.74. The van der Waals surface area contributed by atoms with Crippen molar-refractivity contribution in [3.05, 3.63) is 92.1 Å². The second kappa shape index (κ2) is 7.43. The van der Waals surface area contributed by atoms with Gasteiger partial charge in [0.2, 0.25) is 5.95 Å². The summed E-state index contributed by atoms with van der Waals surface area (Å²) < 4.78 is 3.21. The number of imidazole rings is 1. The summed E-state index contributed by atoms with van der Waals surface area (Å²) in [6, 6.07) is 18.0. The molecular formula is C22H23N5O2. The van der Waals surface area contributed by atoms with Crippen LogP contribution in [0.1, 0.15) is 29.7 Å². The number of hydrogen-bond acceptors (Lipinski definition) is 4. The van der Waals surface area contributed by atoms with Crippen LogP contribution >= 0.6 is 0 Å². The Hall–Kier alpha value is -3.61. The second-order valence-electron chi connectivity index (χ2n) is 7.22. The molecule has 2 heterocycles. The average molecular weight is 389 g/mol. The highest BCUT2D eigenvalue weighted by Gasteiger charge is 2.19. The van der Waals surface area contributed by atoms with Gasteiger partial charge in [-0.05, 0) is 30.5 Å². The molecule has 148 valence electrons. The zero-order chi connectivity index (χ0) is 20.5. The zero-order valence-corrected chi connectivity index (χ0v) is 16.6. The van der Waals surface area contributed by atoms with Crippen molar-refractivity contribution >= 4 is 17.1 Å². The van der Waals surface area contributed by atoms with Crippen LogP contribution in [0.2, 0.25) is 0 Å². The van der Waals surface area contributed by atoms with Crippen LogP contribution in [-0.2, 0) is 13.6 Å². The van der Waals surface area contributed by atoms with E-state index in [9.17, 15) is 9.59 Å². The number of fused-ring (bicyclic) bond motifs is 1. The van der Waals surface area contributed by atoms with Gasteiger partial charge in [0.1, 0.15) is 0 Å². The Bertz CT molecular complexity index is 1280. The maximum absolute atomic E-state index is 12.7. The Labute approximate surface area is 167 Å². The van der Waals surface area contributed by atoms with Gasteiger partial charge in [-0.1, -0.05) is 54.6 Å². The summed E-state index contributed by atoms with van der Waals surface area (Å²) in [4.78, 5) is 31.7. The molecule has 0 unspecified atom stereocenters. The van der Waals surface area contributed by atoms with Crippen LogP contribution in [-0.4, -0.2) is 19.1 Å². The number of aromatic amines is 1. The summed E-state index contributed by atoms with van der Waals surface area (Å²) in [5, 5.41) is 3.41. The molecule has 0 fully saturated rings. The van der Waals surface area contributed by atoms with Gasteiger partial charge < -0.3 is 5.32 Å². The molecule has 0 aliphatic rings. The van der Waals surface area contributed by atoms with Crippen LogP contribution in [0.5, 0.6) is 0 Å². The van der Waals surface area contributed by atoms with E-state index in [0.717, 1.165) is 16.7 Å². The third-order valence-electron chi connectivity index (χ3n) is 5.24. The predicted octanol–water partition coefficient (Wildman–Crippen LogP) is 2.95. The van der Waals surface area contributed by atoms with Gasteiger partial charge in [-0.15, -0.1) is 0 Å². The number of nitrogens with zero attached hydrogens (tertiary/aromatic N) is 3. The molecule has 0 amide bonds. The first-order chi connectivity index (χ1) is 14.0. The molecule has 0 spiro atoms. The summed E-state index contributed by atoms with van der Waals surface area (Å²) in [5.41, 5.74) is 3.11. The molecule has 2 N–H and O–H groups in total. The molecule has 4 aromatic rings. The van der Waals surface area contributed by atoms with Crippen molar-refractivity contribution in [3.63, 3.8) is 0 Å². The van der Waals surface area contributed by atoms with Gasteiger partial charge >= 0.3 is 5.69 Å². The fraction of sp³-hybridized carbons (Fsp3) is 0.227. The van der Waals surface area contributed by atoms with Gasteiger partial charge in [0.05, 0.1) is 12.6 Å². The van der Waals surface area contributed by atoms with E-state index in [1.165, 1.54) is 4.57 Å². The highest BCUT2D eigenvalue weighted by Crippen LogP contribution is 2.23. The van der Waals surface area contributed by atoms with E-state index in [-0.39, 0.29) is 6.04 Å². The van der Waals surface area contributed by atoms with E-state index in [1.807, 2.05) is 73.0 Å². The van der Waals surface area contributed by atoms with Crippen molar-refractivity contribution in [3.8, 4) is 0 Å². The Morgan fingerprint density at radius 2 is 1.76 bits per heavy atom. The number of benzene rings is 2. The van der Waals surface area contributed by atoms with Crippen molar-refractivity contribution in [2.24, 2.45) is 7.05 Å². The van der Waals surface area contributed by atoms with Crippen LogP contribution in [0.15, 0.2) is 64.2 Å². The van der Waals surface area contributed by atoms with Crippen molar-refractivity contribution < 1.29 is 0 Å². The molecule has 0 saturated carbocycles. The monoisotopic (exact) mass is 389 g/mol.